The zero-order valence-corrected chi connectivity index (χ0v) is 16.5. The monoisotopic (exact) mass is 412 g/mol. The van der Waals surface area contributed by atoms with Crippen LogP contribution < -0.4 is 5.32 Å². The summed E-state index contributed by atoms with van der Waals surface area (Å²) in [6, 6.07) is 5.97. The Morgan fingerprint density at radius 2 is 1.89 bits per heavy atom. The van der Waals surface area contributed by atoms with Gasteiger partial charge in [-0.15, -0.1) is 0 Å². The number of hydrogen-bond acceptors (Lipinski definition) is 5. The number of rotatable bonds is 6. The number of carbonyl (C=O) groups is 3. The van der Waals surface area contributed by atoms with Gasteiger partial charge in [0, 0.05) is 12.6 Å². The van der Waals surface area contributed by atoms with E-state index in [1.54, 1.807) is 14.0 Å². The molecule has 0 aliphatic carbocycles. The Morgan fingerprint density at radius 3 is 2.52 bits per heavy atom. The zero-order chi connectivity index (χ0) is 20.1. The number of amides is 2. The number of carbonyl (C=O) groups excluding carboxylic acids is 3. The highest BCUT2D eigenvalue weighted by Gasteiger charge is 2.18. The summed E-state index contributed by atoms with van der Waals surface area (Å²) in [6.07, 6.45) is 0. The van der Waals surface area contributed by atoms with Crippen LogP contribution in [0.4, 0.5) is 0 Å². The standard InChI is InChI=1S/C18H18Cl2N2O5/c1-10-13(18(25)26-3)7-12(27-10)9-22(2)16(23)8-21-17(24)11-4-5-14(19)15(20)6-11/h4-7H,8-9H2,1-3H3,(H,21,24). The predicted molar refractivity (Wildman–Crippen MR) is 100 cm³/mol. The highest BCUT2D eigenvalue weighted by atomic mass is 35.5. The van der Waals surface area contributed by atoms with Crippen molar-refractivity contribution in [2.45, 2.75) is 13.5 Å². The minimum atomic E-state index is -0.509. The molecule has 0 saturated carbocycles. The highest BCUT2D eigenvalue weighted by molar-refractivity contribution is 6.42. The summed E-state index contributed by atoms with van der Waals surface area (Å²) in [4.78, 5) is 37.3. The largest absolute Gasteiger partial charge is 0.465 e. The molecular formula is C18H18Cl2N2O5. The molecule has 0 atom stereocenters. The summed E-state index contributed by atoms with van der Waals surface area (Å²) in [6.45, 7) is 1.56. The molecule has 0 unspecified atom stereocenters. The Hall–Kier alpha value is -2.51. The number of methoxy groups -OCH3 is 1. The third kappa shape index (κ3) is 5.24. The molecular weight excluding hydrogens is 395 g/mol. The van der Waals surface area contributed by atoms with Gasteiger partial charge in [-0.05, 0) is 31.2 Å². The molecule has 1 heterocycles. The number of furan rings is 1. The predicted octanol–water partition coefficient (Wildman–Crippen LogP) is 3.07. The second-order valence-corrected chi connectivity index (χ2v) is 6.55. The maximum atomic E-state index is 12.2. The van der Waals surface area contributed by atoms with Gasteiger partial charge in [-0.1, -0.05) is 23.2 Å². The van der Waals surface area contributed by atoms with Gasteiger partial charge in [0.2, 0.25) is 5.91 Å². The molecule has 0 spiro atoms. The van der Waals surface area contributed by atoms with E-state index in [0.29, 0.717) is 27.7 Å². The second kappa shape index (κ2) is 8.92. The summed E-state index contributed by atoms with van der Waals surface area (Å²) in [7, 11) is 2.84. The van der Waals surface area contributed by atoms with Crippen molar-refractivity contribution in [3.05, 3.63) is 57.0 Å². The van der Waals surface area contributed by atoms with Gasteiger partial charge in [0.15, 0.2) is 0 Å². The number of ether oxygens (including phenoxy) is 1. The van der Waals surface area contributed by atoms with E-state index in [-0.39, 0.29) is 24.0 Å². The molecule has 9 heteroatoms. The molecule has 27 heavy (non-hydrogen) atoms. The lowest BCUT2D eigenvalue weighted by molar-refractivity contribution is -0.129. The van der Waals surface area contributed by atoms with Crippen LogP contribution in [0.15, 0.2) is 28.7 Å². The number of esters is 1. The van der Waals surface area contributed by atoms with E-state index in [1.807, 2.05) is 0 Å². The molecule has 1 aromatic heterocycles. The molecule has 2 amide bonds. The summed E-state index contributed by atoms with van der Waals surface area (Å²) < 4.78 is 10.1. The second-order valence-electron chi connectivity index (χ2n) is 5.74. The number of hydrogen-bond donors (Lipinski definition) is 1. The Labute approximate surface area is 166 Å². The topological polar surface area (TPSA) is 88.9 Å². The minimum absolute atomic E-state index is 0.138. The van der Waals surface area contributed by atoms with Crippen molar-refractivity contribution in [1.82, 2.24) is 10.2 Å². The number of likely N-dealkylation sites (N-methyl/N-ethyl adjacent to an activating group) is 1. The van der Waals surface area contributed by atoms with Gasteiger partial charge in [-0.3, -0.25) is 9.59 Å². The average Bonchev–Trinajstić information content (AvgIpc) is 3.00. The lowest BCUT2D eigenvalue weighted by Gasteiger charge is -2.16. The molecule has 0 aliphatic rings. The quantitative estimate of drug-likeness (QED) is 0.736. The fourth-order valence-electron chi connectivity index (χ4n) is 2.29. The molecule has 0 bridgehead atoms. The van der Waals surface area contributed by atoms with Gasteiger partial charge >= 0.3 is 5.97 Å². The van der Waals surface area contributed by atoms with Gasteiger partial charge in [-0.25, -0.2) is 4.79 Å². The summed E-state index contributed by atoms with van der Waals surface area (Å²) in [5, 5.41) is 3.11. The molecule has 2 aromatic rings. The van der Waals surface area contributed by atoms with Crippen LogP contribution in [0.5, 0.6) is 0 Å². The lowest BCUT2D eigenvalue weighted by Crippen LogP contribution is -2.37. The third-order valence-corrected chi connectivity index (χ3v) is 4.51. The Balaban J connectivity index is 1.93. The summed E-state index contributed by atoms with van der Waals surface area (Å²) in [5.41, 5.74) is 0.602. The molecule has 0 fully saturated rings. The number of halogens is 2. The van der Waals surface area contributed by atoms with E-state index in [9.17, 15) is 14.4 Å². The van der Waals surface area contributed by atoms with Crippen LogP contribution in [0.2, 0.25) is 10.0 Å². The molecule has 0 aliphatic heterocycles. The van der Waals surface area contributed by atoms with Crippen molar-refractivity contribution >= 4 is 41.0 Å². The fourth-order valence-corrected chi connectivity index (χ4v) is 2.58. The maximum absolute atomic E-state index is 12.2. The van der Waals surface area contributed by atoms with Gasteiger partial charge in [0.25, 0.3) is 5.91 Å². The average molecular weight is 413 g/mol. The molecule has 1 N–H and O–H groups in total. The van der Waals surface area contributed by atoms with Gasteiger partial charge in [0.1, 0.15) is 17.1 Å². The van der Waals surface area contributed by atoms with E-state index in [0.717, 1.165) is 0 Å². The van der Waals surface area contributed by atoms with E-state index >= 15 is 0 Å². The van der Waals surface area contributed by atoms with Crippen LogP contribution in [0.3, 0.4) is 0 Å². The van der Waals surface area contributed by atoms with Crippen LogP contribution in [0.1, 0.15) is 32.2 Å². The van der Waals surface area contributed by atoms with E-state index < -0.39 is 11.9 Å². The number of aryl methyl sites for hydroxylation is 1. The molecule has 0 saturated heterocycles. The van der Waals surface area contributed by atoms with E-state index in [1.165, 1.54) is 36.3 Å². The van der Waals surface area contributed by atoms with Crippen molar-refractivity contribution in [2.24, 2.45) is 0 Å². The Bertz CT molecular complexity index is 879. The molecule has 2 rings (SSSR count). The number of benzene rings is 1. The van der Waals surface area contributed by atoms with Crippen molar-refractivity contribution in [2.75, 3.05) is 20.7 Å². The van der Waals surface area contributed by atoms with Crippen molar-refractivity contribution in [3.8, 4) is 0 Å². The number of nitrogens with zero attached hydrogens (tertiary/aromatic N) is 1. The normalized spacial score (nSPS) is 10.4. The van der Waals surface area contributed by atoms with Crippen molar-refractivity contribution < 1.29 is 23.5 Å². The Kier molecular flexibility index (Phi) is 6.87. The third-order valence-electron chi connectivity index (χ3n) is 3.77. The van der Waals surface area contributed by atoms with Crippen LogP contribution >= 0.6 is 23.2 Å². The first-order chi connectivity index (χ1) is 12.7. The fraction of sp³-hybridized carbons (Fsp3) is 0.278. The summed E-state index contributed by atoms with van der Waals surface area (Å²) >= 11 is 11.7. The SMILES string of the molecule is COC(=O)c1cc(CN(C)C(=O)CNC(=O)c2ccc(Cl)c(Cl)c2)oc1C. The van der Waals surface area contributed by atoms with Gasteiger partial charge < -0.3 is 19.4 Å². The Morgan fingerprint density at radius 1 is 1.19 bits per heavy atom. The van der Waals surface area contributed by atoms with Crippen LogP contribution in [0, 0.1) is 6.92 Å². The molecule has 0 radical (unpaired) electrons. The van der Waals surface area contributed by atoms with Crippen LogP contribution in [-0.2, 0) is 16.1 Å². The molecule has 144 valence electrons. The smallest absolute Gasteiger partial charge is 0.341 e. The first kappa shape index (κ1) is 20.8. The van der Waals surface area contributed by atoms with Crippen LogP contribution in [-0.4, -0.2) is 43.4 Å². The minimum Gasteiger partial charge on any atom is -0.465 e. The zero-order valence-electron chi connectivity index (χ0n) is 15.0. The van der Waals surface area contributed by atoms with Gasteiger partial charge in [0.05, 0.1) is 30.2 Å². The van der Waals surface area contributed by atoms with E-state index in [4.69, 9.17) is 27.6 Å². The van der Waals surface area contributed by atoms with Crippen LogP contribution in [0.25, 0.3) is 0 Å². The molecule has 7 nitrogen and oxygen atoms in total. The van der Waals surface area contributed by atoms with Crippen molar-refractivity contribution in [1.29, 1.82) is 0 Å². The van der Waals surface area contributed by atoms with E-state index in [2.05, 4.69) is 10.1 Å². The van der Waals surface area contributed by atoms with Crippen molar-refractivity contribution in [3.63, 3.8) is 0 Å². The van der Waals surface area contributed by atoms with Gasteiger partial charge in [-0.2, -0.15) is 0 Å². The molecule has 1 aromatic carbocycles. The first-order valence-corrected chi connectivity index (χ1v) is 8.63. The lowest BCUT2D eigenvalue weighted by atomic mass is 10.2. The summed E-state index contributed by atoms with van der Waals surface area (Å²) in [5.74, 6) is -0.454. The number of nitrogens with one attached hydrogen (secondary N) is 1. The highest BCUT2D eigenvalue weighted by Crippen LogP contribution is 2.22. The first-order valence-electron chi connectivity index (χ1n) is 7.87. The maximum Gasteiger partial charge on any atom is 0.341 e.